The molecule has 28 heavy (non-hydrogen) atoms. The molecule has 2 heterocycles. The second-order valence-corrected chi connectivity index (χ2v) is 7.71. The van der Waals surface area contributed by atoms with Gasteiger partial charge >= 0.3 is 0 Å². The highest BCUT2D eigenvalue weighted by Crippen LogP contribution is 2.34. The zero-order valence-electron chi connectivity index (χ0n) is 15.7. The van der Waals surface area contributed by atoms with Crippen molar-refractivity contribution in [2.45, 2.75) is 25.8 Å². The van der Waals surface area contributed by atoms with E-state index in [4.69, 9.17) is 0 Å². The van der Waals surface area contributed by atoms with E-state index in [1.807, 2.05) is 28.8 Å². The van der Waals surface area contributed by atoms with Crippen molar-refractivity contribution in [1.82, 2.24) is 14.5 Å². The van der Waals surface area contributed by atoms with E-state index >= 15 is 0 Å². The summed E-state index contributed by atoms with van der Waals surface area (Å²) in [5.74, 6) is -0.266. The lowest BCUT2D eigenvalue weighted by molar-refractivity contribution is -0.136. The van der Waals surface area contributed by atoms with Crippen molar-refractivity contribution in [2.24, 2.45) is 5.41 Å². The molecule has 1 aliphatic heterocycles. The van der Waals surface area contributed by atoms with Crippen molar-refractivity contribution in [1.29, 1.82) is 0 Å². The topological polar surface area (TPSA) is 58.4 Å². The molecular weight excluding hydrogens is 357 g/mol. The predicted molar refractivity (Wildman–Crippen MR) is 105 cm³/mol. The van der Waals surface area contributed by atoms with Crippen LogP contribution in [-0.2, 0) is 17.8 Å². The number of para-hydroxylation sites is 2. The standard InChI is InChI=1S/C22H24FN3O2/c23-18-7-2-1-6-17(18)12-22(15-27)10-5-11-25(14-22)21(28)13-26-16-24-19-8-3-4-9-20(19)26/h1-4,6-9,16,27H,5,10-15H2. The lowest BCUT2D eigenvalue weighted by Crippen LogP contribution is -2.49. The Morgan fingerprint density at radius 1 is 1.18 bits per heavy atom. The molecule has 0 aliphatic carbocycles. The van der Waals surface area contributed by atoms with E-state index in [1.54, 1.807) is 29.4 Å². The highest BCUT2D eigenvalue weighted by molar-refractivity contribution is 5.80. The van der Waals surface area contributed by atoms with Crippen molar-refractivity contribution < 1.29 is 14.3 Å². The monoisotopic (exact) mass is 381 g/mol. The predicted octanol–water partition coefficient (Wildman–Crippen LogP) is 3.02. The van der Waals surface area contributed by atoms with Gasteiger partial charge in [0.25, 0.3) is 0 Å². The number of amides is 1. The maximum absolute atomic E-state index is 14.1. The first-order chi connectivity index (χ1) is 13.6. The number of fused-ring (bicyclic) bond motifs is 1. The van der Waals surface area contributed by atoms with E-state index in [0.29, 0.717) is 25.1 Å². The van der Waals surface area contributed by atoms with Crippen molar-refractivity contribution in [3.05, 3.63) is 66.2 Å². The average molecular weight is 381 g/mol. The van der Waals surface area contributed by atoms with Crippen LogP contribution in [0.3, 0.4) is 0 Å². The van der Waals surface area contributed by atoms with Gasteiger partial charge in [-0.15, -0.1) is 0 Å². The Kier molecular flexibility index (Phi) is 5.13. The third-order valence-electron chi connectivity index (χ3n) is 5.71. The summed E-state index contributed by atoms with van der Waals surface area (Å²) in [7, 11) is 0. The average Bonchev–Trinajstić information content (AvgIpc) is 3.13. The van der Waals surface area contributed by atoms with Gasteiger partial charge in [0.05, 0.1) is 24.0 Å². The molecule has 1 N–H and O–H groups in total. The zero-order chi connectivity index (χ0) is 19.6. The second-order valence-electron chi connectivity index (χ2n) is 7.71. The van der Waals surface area contributed by atoms with Gasteiger partial charge in [0.15, 0.2) is 0 Å². The van der Waals surface area contributed by atoms with Crippen LogP contribution >= 0.6 is 0 Å². The number of carbonyl (C=O) groups excluding carboxylic acids is 1. The summed E-state index contributed by atoms with van der Waals surface area (Å²) in [4.78, 5) is 19.1. The van der Waals surface area contributed by atoms with Crippen molar-refractivity contribution in [3.63, 3.8) is 0 Å². The number of rotatable bonds is 5. The van der Waals surface area contributed by atoms with Crippen LogP contribution in [0.5, 0.6) is 0 Å². The van der Waals surface area contributed by atoms with Gasteiger partial charge in [-0.1, -0.05) is 30.3 Å². The van der Waals surface area contributed by atoms with E-state index < -0.39 is 5.41 Å². The number of aliphatic hydroxyl groups excluding tert-OH is 1. The lowest BCUT2D eigenvalue weighted by atomic mass is 9.75. The zero-order valence-corrected chi connectivity index (χ0v) is 15.7. The van der Waals surface area contributed by atoms with Crippen LogP contribution in [0.15, 0.2) is 54.9 Å². The molecule has 0 spiro atoms. The minimum absolute atomic E-state index is 0.00536. The fourth-order valence-electron chi connectivity index (χ4n) is 4.18. The SMILES string of the molecule is O=C(Cn1cnc2ccccc21)N1CCCC(CO)(Cc2ccccc2F)C1. The molecule has 1 unspecified atom stereocenters. The number of nitrogens with zero attached hydrogens (tertiary/aromatic N) is 3. The Hall–Kier alpha value is -2.73. The first kappa shape index (κ1) is 18.6. The Morgan fingerprint density at radius 3 is 2.79 bits per heavy atom. The first-order valence-electron chi connectivity index (χ1n) is 9.62. The molecule has 1 atom stereocenters. The molecule has 1 amide bonds. The number of halogens is 1. The molecule has 1 aromatic heterocycles. The molecule has 4 rings (SSSR count). The third kappa shape index (κ3) is 3.64. The van der Waals surface area contributed by atoms with Gasteiger partial charge in [0.1, 0.15) is 12.4 Å². The highest BCUT2D eigenvalue weighted by Gasteiger charge is 2.37. The Balaban J connectivity index is 1.50. The smallest absolute Gasteiger partial charge is 0.242 e. The van der Waals surface area contributed by atoms with Crippen molar-refractivity contribution >= 4 is 16.9 Å². The largest absolute Gasteiger partial charge is 0.396 e. The molecule has 1 aliphatic rings. The van der Waals surface area contributed by atoms with Gasteiger partial charge in [0, 0.05) is 18.5 Å². The second kappa shape index (κ2) is 7.72. The molecule has 3 aromatic rings. The number of hydrogen-bond donors (Lipinski definition) is 1. The summed E-state index contributed by atoms with van der Waals surface area (Å²) < 4.78 is 16.0. The van der Waals surface area contributed by atoms with Gasteiger partial charge in [-0.05, 0) is 43.0 Å². The van der Waals surface area contributed by atoms with Crippen LogP contribution in [0.25, 0.3) is 11.0 Å². The number of aromatic nitrogens is 2. The Bertz CT molecular complexity index is 987. The maximum atomic E-state index is 14.1. The van der Waals surface area contributed by atoms with Gasteiger partial charge in [-0.2, -0.15) is 0 Å². The van der Waals surface area contributed by atoms with Crippen LogP contribution in [0.4, 0.5) is 4.39 Å². The van der Waals surface area contributed by atoms with Gasteiger partial charge in [-0.25, -0.2) is 9.37 Å². The molecule has 1 fully saturated rings. The van der Waals surface area contributed by atoms with E-state index in [0.717, 1.165) is 23.9 Å². The van der Waals surface area contributed by atoms with Gasteiger partial charge < -0.3 is 14.6 Å². The van der Waals surface area contributed by atoms with E-state index in [1.165, 1.54) is 6.07 Å². The Labute approximate surface area is 163 Å². The minimum Gasteiger partial charge on any atom is -0.396 e. The normalized spacial score (nSPS) is 19.9. The number of imidazole rings is 1. The van der Waals surface area contributed by atoms with Crippen LogP contribution in [-0.4, -0.2) is 45.2 Å². The summed E-state index contributed by atoms with van der Waals surface area (Å²) in [6, 6.07) is 14.4. The fourth-order valence-corrected chi connectivity index (χ4v) is 4.18. The number of benzene rings is 2. The van der Waals surface area contributed by atoms with Crippen LogP contribution in [0.1, 0.15) is 18.4 Å². The Morgan fingerprint density at radius 2 is 1.96 bits per heavy atom. The van der Waals surface area contributed by atoms with Crippen molar-refractivity contribution in [3.8, 4) is 0 Å². The summed E-state index contributed by atoms with van der Waals surface area (Å²) in [5, 5.41) is 10.1. The van der Waals surface area contributed by atoms with Crippen LogP contribution < -0.4 is 0 Å². The molecule has 6 heteroatoms. The quantitative estimate of drug-likeness (QED) is 0.739. The molecule has 1 saturated heterocycles. The summed E-state index contributed by atoms with van der Waals surface area (Å²) >= 11 is 0. The van der Waals surface area contributed by atoms with Crippen LogP contribution in [0, 0.1) is 11.2 Å². The molecule has 146 valence electrons. The maximum Gasteiger partial charge on any atom is 0.242 e. The van der Waals surface area contributed by atoms with Crippen molar-refractivity contribution in [2.75, 3.05) is 19.7 Å². The number of hydrogen-bond acceptors (Lipinski definition) is 3. The number of carbonyl (C=O) groups is 1. The third-order valence-corrected chi connectivity index (χ3v) is 5.71. The number of likely N-dealkylation sites (tertiary alicyclic amines) is 1. The lowest BCUT2D eigenvalue weighted by Gasteiger charge is -2.42. The molecule has 0 radical (unpaired) electrons. The molecule has 2 aromatic carbocycles. The van der Waals surface area contributed by atoms with E-state index in [9.17, 15) is 14.3 Å². The van der Waals surface area contributed by atoms with Gasteiger partial charge in [-0.3, -0.25) is 4.79 Å². The number of aliphatic hydroxyl groups is 1. The fraction of sp³-hybridized carbons (Fsp3) is 0.364. The first-order valence-corrected chi connectivity index (χ1v) is 9.62. The molecule has 0 saturated carbocycles. The minimum atomic E-state index is -0.507. The molecule has 0 bridgehead atoms. The van der Waals surface area contributed by atoms with Crippen LogP contribution in [0.2, 0.25) is 0 Å². The van der Waals surface area contributed by atoms with E-state index in [2.05, 4.69) is 4.98 Å². The summed E-state index contributed by atoms with van der Waals surface area (Å²) in [6.07, 6.45) is 3.68. The summed E-state index contributed by atoms with van der Waals surface area (Å²) in [6.45, 7) is 1.23. The molecule has 5 nitrogen and oxygen atoms in total. The van der Waals surface area contributed by atoms with E-state index in [-0.39, 0.29) is 24.9 Å². The van der Waals surface area contributed by atoms with Gasteiger partial charge in [0.2, 0.25) is 5.91 Å². The highest BCUT2D eigenvalue weighted by atomic mass is 19.1. The number of piperidine rings is 1. The summed E-state index contributed by atoms with van der Waals surface area (Å²) in [5.41, 5.74) is 1.87. The molecular formula is C22H24FN3O2.